The van der Waals surface area contributed by atoms with E-state index < -0.39 is 0 Å². The number of nitrogens with zero attached hydrogens (tertiary/aromatic N) is 2. The van der Waals surface area contributed by atoms with E-state index in [4.69, 9.17) is 15.2 Å². The lowest BCUT2D eigenvalue weighted by Gasteiger charge is -2.53. The first-order valence-electron chi connectivity index (χ1n) is 7.00. The van der Waals surface area contributed by atoms with Crippen molar-refractivity contribution in [3.8, 4) is 0 Å². The molecule has 5 nitrogen and oxygen atoms in total. The third kappa shape index (κ3) is 3.11. The van der Waals surface area contributed by atoms with Gasteiger partial charge in [0.05, 0.1) is 5.54 Å². The zero-order valence-electron chi connectivity index (χ0n) is 13.4. The highest BCUT2D eigenvalue weighted by Crippen LogP contribution is 2.38. The summed E-state index contributed by atoms with van der Waals surface area (Å²) in [6.07, 6.45) is 3.48. The SMILES string of the molecule is COC(OC)C(C)(CN)N(C)CC1(N(C)C)CCC1. The minimum absolute atomic E-state index is 0.275. The molecule has 1 aliphatic rings. The van der Waals surface area contributed by atoms with Crippen molar-refractivity contribution in [3.63, 3.8) is 0 Å². The molecule has 0 bridgehead atoms. The van der Waals surface area contributed by atoms with Crippen molar-refractivity contribution >= 4 is 0 Å². The van der Waals surface area contributed by atoms with Crippen molar-refractivity contribution in [3.05, 3.63) is 0 Å². The highest BCUT2D eigenvalue weighted by atomic mass is 16.7. The maximum absolute atomic E-state index is 6.00. The van der Waals surface area contributed by atoms with Gasteiger partial charge < -0.3 is 20.1 Å². The van der Waals surface area contributed by atoms with Crippen LogP contribution in [-0.2, 0) is 9.47 Å². The van der Waals surface area contributed by atoms with Gasteiger partial charge >= 0.3 is 0 Å². The van der Waals surface area contributed by atoms with E-state index in [-0.39, 0.29) is 17.4 Å². The molecule has 1 atom stereocenters. The first-order chi connectivity index (χ1) is 8.86. The Morgan fingerprint density at radius 2 is 1.74 bits per heavy atom. The van der Waals surface area contributed by atoms with Gasteiger partial charge in [-0.15, -0.1) is 0 Å². The molecule has 0 radical (unpaired) electrons. The number of hydrogen-bond donors (Lipinski definition) is 1. The van der Waals surface area contributed by atoms with Crippen LogP contribution in [0.1, 0.15) is 26.2 Å². The summed E-state index contributed by atoms with van der Waals surface area (Å²) in [6, 6.07) is 0. The van der Waals surface area contributed by atoms with Crippen LogP contribution in [-0.4, -0.2) is 75.6 Å². The lowest BCUT2D eigenvalue weighted by Crippen LogP contribution is -2.65. The summed E-state index contributed by atoms with van der Waals surface area (Å²) in [6.45, 7) is 3.59. The van der Waals surface area contributed by atoms with E-state index in [9.17, 15) is 0 Å². The van der Waals surface area contributed by atoms with Crippen LogP contribution in [0.25, 0.3) is 0 Å². The fourth-order valence-corrected chi connectivity index (χ4v) is 2.99. The molecule has 1 unspecified atom stereocenters. The van der Waals surface area contributed by atoms with E-state index in [1.807, 2.05) is 0 Å². The molecule has 0 aromatic heterocycles. The lowest BCUT2D eigenvalue weighted by atomic mass is 9.74. The molecule has 0 saturated heterocycles. The van der Waals surface area contributed by atoms with E-state index in [1.54, 1.807) is 14.2 Å². The Labute approximate surface area is 118 Å². The van der Waals surface area contributed by atoms with E-state index in [0.29, 0.717) is 6.54 Å². The van der Waals surface area contributed by atoms with Gasteiger partial charge in [-0.1, -0.05) is 0 Å². The van der Waals surface area contributed by atoms with Gasteiger partial charge in [-0.3, -0.25) is 4.90 Å². The number of rotatable bonds is 8. The molecular formula is C14H31N3O2. The fraction of sp³-hybridized carbons (Fsp3) is 1.00. The molecule has 0 amide bonds. The van der Waals surface area contributed by atoms with Crippen LogP contribution in [0, 0.1) is 0 Å². The molecule has 0 heterocycles. The van der Waals surface area contributed by atoms with Crippen LogP contribution < -0.4 is 5.73 Å². The largest absolute Gasteiger partial charge is 0.354 e. The fourth-order valence-electron chi connectivity index (χ4n) is 2.99. The monoisotopic (exact) mass is 273 g/mol. The third-order valence-corrected chi connectivity index (χ3v) is 4.99. The average Bonchev–Trinajstić information content (AvgIpc) is 2.33. The van der Waals surface area contributed by atoms with Crippen molar-refractivity contribution in [1.29, 1.82) is 0 Å². The summed E-state index contributed by atoms with van der Waals surface area (Å²) >= 11 is 0. The Hall–Kier alpha value is -0.200. The van der Waals surface area contributed by atoms with Crippen molar-refractivity contribution in [2.24, 2.45) is 5.73 Å². The van der Waals surface area contributed by atoms with Gasteiger partial charge in [0.25, 0.3) is 0 Å². The molecule has 0 aliphatic heterocycles. The second-order valence-corrected chi connectivity index (χ2v) is 6.19. The standard InChI is InChI=1S/C14H31N3O2/c1-13(10-15,12(18-5)19-6)17(4)11-14(16(2)3)8-7-9-14/h12H,7-11,15H2,1-6H3. The topological polar surface area (TPSA) is 51.0 Å². The zero-order valence-corrected chi connectivity index (χ0v) is 13.4. The van der Waals surface area contributed by atoms with Gasteiger partial charge in [0.1, 0.15) is 0 Å². The molecule has 19 heavy (non-hydrogen) atoms. The van der Waals surface area contributed by atoms with Gasteiger partial charge in [-0.2, -0.15) is 0 Å². The number of ether oxygens (including phenoxy) is 2. The molecule has 2 N–H and O–H groups in total. The summed E-state index contributed by atoms with van der Waals surface area (Å²) in [5, 5.41) is 0. The highest BCUT2D eigenvalue weighted by molar-refractivity contribution is 5.01. The summed E-state index contributed by atoms with van der Waals surface area (Å²) in [7, 11) is 9.78. The van der Waals surface area contributed by atoms with Crippen molar-refractivity contribution in [2.75, 3.05) is 48.5 Å². The average molecular weight is 273 g/mol. The second-order valence-electron chi connectivity index (χ2n) is 6.19. The van der Waals surface area contributed by atoms with Crippen molar-refractivity contribution < 1.29 is 9.47 Å². The molecule has 114 valence electrons. The van der Waals surface area contributed by atoms with Gasteiger partial charge in [0.15, 0.2) is 6.29 Å². The van der Waals surface area contributed by atoms with E-state index in [2.05, 4.69) is 37.9 Å². The number of hydrogen-bond acceptors (Lipinski definition) is 5. The number of methoxy groups -OCH3 is 2. The first kappa shape index (κ1) is 16.9. The molecule has 1 fully saturated rings. The van der Waals surface area contributed by atoms with E-state index >= 15 is 0 Å². The quantitative estimate of drug-likeness (QED) is 0.661. The molecule has 0 aromatic carbocycles. The van der Waals surface area contributed by atoms with E-state index in [0.717, 1.165) is 6.54 Å². The van der Waals surface area contributed by atoms with Crippen LogP contribution in [0.15, 0.2) is 0 Å². The third-order valence-electron chi connectivity index (χ3n) is 4.99. The van der Waals surface area contributed by atoms with Gasteiger partial charge in [-0.05, 0) is 47.3 Å². The summed E-state index contributed by atoms with van der Waals surface area (Å²) < 4.78 is 10.9. The molecular weight excluding hydrogens is 242 g/mol. The zero-order chi connectivity index (χ0) is 14.7. The van der Waals surface area contributed by atoms with Crippen LogP contribution in [0.2, 0.25) is 0 Å². The van der Waals surface area contributed by atoms with Crippen molar-refractivity contribution in [1.82, 2.24) is 9.80 Å². The molecule has 0 spiro atoms. The van der Waals surface area contributed by atoms with Crippen LogP contribution in [0.3, 0.4) is 0 Å². The van der Waals surface area contributed by atoms with Crippen LogP contribution in [0.5, 0.6) is 0 Å². The summed E-state index contributed by atoms with van der Waals surface area (Å²) in [4.78, 5) is 4.64. The molecule has 1 aliphatic carbocycles. The minimum atomic E-state index is -0.318. The molecule has 1 saturated carbocycles. The van der Waals surface area contributed by atoms with Gasteiger partial charge in [0, 0.05) is 32.8 Å². The Kier molecular flexibility index (Phi) is 5.77. The first-order valence-corrected chi connectivity index (χ1v) is 7.00. The molecule has 1 rings (SSSR count). The van der Waals surface area contributed by atoms with Crippen LogP contribution >= 0.6 is 0 Å². The normalized spacial score (nSPS) is 21.8. The van der Waals surface area contributed by atoms with Crippen LogP contribution in [0.4, 0.5) is 0 Å². The Morgan fingerprint density at radius 3 is 2.00 bits per heavy atom. The maximum atomic E-state index is 6.00. The smallest absolute Gasteiger partial charge is 0.176 e. The number of likely N-dealkylation sites (N-methyl/N-ethyl adjacent to an activating group) is 2. The summed E-state index contributed by atoms with van der Waals surface area (Å²) in [5.41, 5.74) is 5.96. The predicted molar refractivity (Wildman–Crippen MR) is 78.2 cm³/mol. The summed E-state index contributed by atoms with van der Waals surface area (Å²) in [5.74, 6) is 0. The van der Waals surface area contributed by atoms with E-state index in [1.165, 1.54) is 19.3 Å². The molecule has 0 aromatic rings. The number of nitrogens with two attached hydrogens (primary N) is 1. The predicted octanol–water partition coefficient (Wildman–Crippen LogP) is 0.739. The van der Waals surface area contributed by atoms with Gasteiger partial charge in [0.2, 0.25) is 0 Å². The van der Waals surface area contributed by atoms with Crippen molar-refractivity contribution in [2.45, 2.75) is 43.6 Å². The maximum Gasteiger partial charge on any atom is 0.176 e. The second kappa shape index (κ2) is 6.50. The Morgan fingerprint density at radius 1 is 1.21 bits per heavy atom. The lowest BCUT2D eigenvalue weighted by molar-refractivity contribution is -0.183. The highest BCUT2D eigenvalue weighted by Gasteiger charge is 2.45. The minimum Gasteiger partial charge on any atom is -0.354 e. The Balaban J connectivity index is 2.81. The van der Waals surface area contributed by atoms with Gasteiger partial charge in [-0.25, -0.2) is 0 Å². The molecule has 5 heteroatoms. The Bertz CT molecular complexity index is 278.